The van der Waals surface area contributed by atoms with Crippen molar-refractivity contribution >= 4 is 11.4 Å². The van der Waals surface area contributed by atoms with Gasteiger partial charge in [-0.05, 0) is 38.2 Å². The van der Waals surface area contributed by atoms with Gasteiger partial charge in [-0.1, -0.05) is 6.07 Å². The van der Waals surface area contributed by atoms with E-state index in [1.54, 1.807) is 18.2 Å². The van der Waals surface area contributed by atoms with Crippen LogP contribution in [0.15, 0.2) is 18.2 Å². The third-order valence-electron chi connectivity index (χ3n) is 3.80. The van der Waals surface area contributed by atoms with E-state index in [0.717, 1.165) is 43.5 Å². The van der Waals surface area contributed by atoms with Gasteiger partial charge in [0, 0.05) is 37.0 Å². The number of nitro benzene ring substituents is 1. The highest BCUT2D eigenvalue weighted by atomic mass is 16.6. The molecule has 1 aliphatic heterocycles. The summed E-state index contributed by atoms with van der Waals surface area (Å²) in [5.74, 6) is 0. The fourth-order valence-electron chi connectivity index (χ4n) is 2.79. The van der Waals surface area contributed by atoms with Crippen molar-refractivity contribution in [3.63, 3.8) is 0 Å². The summed E-state index contributed by atoms with van der Waals surface area (Å²) in [5.41, 5.74) is 2.12. The maximum absolute atomic E-state index is 10.9. The lowest BCUT2D eigenvalue weighted by Gasteiger charge is -2.38. The first-order valence-corrected chi connectivity index (χ1v) is 6.76. The van der Waals surface area contributed by atoms with E-state index >= 15 is 0 Å². The van der Waals surface area contributed by atoms with Gasteiger partial charge in [-0.15, -0.1) is 0 Å². The Morgan fingerprint density at radius 3 is 2.95 bits per heavy atom. The molecule has 0 bridgehead atoms. The molecular formula is C14H20N2O3. The van der Waals surface area contributed by atoms with Crippen LogP contribution in [0, 0.1) is 17.0 Å². The summed E-state index contributed by atoms with van der Waals surface area (Å²) in [4.78, 5) is 12.8. The van der Waals surface area contributed by atoms with E-state index in [9.17, 15) is 10.1 Å². The monoisotopic (exact) mass is 264 g/mol. The van der Waals surface area contributed by atoms with Crippen molar-refractivity contribution in [1.29, 1.82) is 0 Å². The summed E-state index contributed by atoms with van der Waals surface area (Å²) < 4.78 is 0. The molecule has 1 fully saturated rings. The molecule has 1 aliphatic rings. The first kappa shape index (κ1) is 13.8. The molecule has 5 heteroatoms. The largest absolute Gasteiger partial charge is 0.396 e. The van der Waals surface area contributed by atoms with Gasteiger partial charge in [0.25, 0.3) is 5.69 Å². The van der Waals surface area contributed by atoms with Crippen molar-refractivity contribution in [2.24, 2.45) is 0 Å². The Labute approximate surface area is 113 Å². The number of hydrogen-bond donors (Lipinski definition) is 1. The highest BCUT2D eigenvalue weighted by molar-refractivity contribution is 5.59. The molecule has 1 aromatic carbocycles. The number of aliphatic hydroxyl groups is 1. The minimum absolute atomic E-state index is 0.133. The Bertz CT molecular complexity index is 460. The number of nitro groups is 1. The molecule has 0 spiro atoms. The number of aryl methyl sites for hydroxylation is 1. The second-order valence-electron chi connectivity index (χ2n) is 5.08. The van der Waals surface area contributed by atoms with Crippen LogP contribution in [0.25, 0.3) is 0 Å². The van der Waals surface area contributed by atoms with Gasteiger partial charge in [-0.2, -0.15) is 0 Å². The number of nitrogens with zero attached hydrogens (tertiary/aromatic N) is 2. The minimum atomic E-state index is -0.353. The van der Waals surface area contributed by atoms with Crippen molar-refractivity contribution in [1.82, 2.24) is 0 Å². The normalized spacial score (nSPS) is 19.5. The number of non-ortho nitro benzene ring substituents is 1. The van der Waals surface area contributed by atoms with Crippen molar-refractivity contribution in [2.75, 3.05) is 18.1 Å². The molecule has 1 atom stereocenters. The van der Waals surface area contributed by atoms with E-state index in [0.29, 0.717) is 6.04 Å². The second kappa shape index (κ2) is 6.02. The Balaban J connectivity index is 2.32. The van der Waals surface area contributed by atoms with E-state index in [2.05, 4.69) is 4.90 Å². The molecule has 0 radical (unpaired) electrons. The Morgan fingerprint density at radius 2 is 2.26 bits per heavy atom. The molecule has 1 unspecified atom stereocenters. The lowest BCUT2D eigenvalue weighted by atomic mass is 9.97. The third-order valence-corrected chi connectivity index (χ3v) is 3.80. The summed E-state index contributed by atoms with van der Waals surface area (Å²) in [6.45, 7) is 3.05. The zero-order valence-electron chi connectivity index (χ0n) is 11.2. The van der Waals surface area contributed by atoms with Gasteiger partial charge >= 0.3 is 0 Å². The molecule has 0 saturated carbocycles. The van der Waals surface area contributed by atoms with Crippen LogP contribution in [0.1, 0.15) is 31.2 Å². The minimum Gasteiger partial charge on any atom is -0.396 e. The SMILES string of the molecule is Cc1ccc([N+](=O)[O-])cc1N1CCCCC1CCO. The van der Waals surface area contributed by atoms with Crippen molar-refractivity contribution in [3.05, 3.63) is 33.9 Å². The molecule has 2 rings (SSSR count). The molecule has 1 N–H and O–H groups in total. The molecule has 0 aliphatic carbocycles. The number of piperidine rings is 1. The van der Waals surface area contributed by atoms with Gasteiger partial charge in [0.15, 0.2) is 0 Å². The lowest BCUT2D eigenvalue weighted by molar-refractivity contribution is -0.384. The predicted molar refractivity (Wildman–Crippen MR) is 74.5 cm³/mol. The second-order valence-corrected chi connectivity index (χ2v) is 5.08. The Morgan fingerprint density at radius 1 is 1.47 bits per heavy atom. The molecule has 1 saturated heterocycles. The molecule has 1 heterocycles. The van der Waals surface area contributed by atoms with E-state index in [1.807, 2.05) is 6.92 Å². The van der Waals surface area contributed by atoms with Crippen LogP contribution in [0.4, 0.5) is 11.4 Å². The van der Waals surface area contributed by atoms with Gasteiger partial charge in [0.2, 0.25) is 0 Å². The first-order chi connectivity index (χ1) is 9.13. The number of hydrogen-bond acceptors (Lipinski definition) is 4. The van der Waals surface area contributed by atoms with Crippen molar-refractivity contribution < 1.29 is 10.0 Å². The average molecular weight is 264 g/mol. The van der Waals surface area contributed by atoms with Gasteiger partial charge < -0.3 is 10.0 Å². The van der Waals surface area contributed by atoms with E-state index in [4.69, 9.17) is 5.11 Å². The summed E-state index contributed by atoms with van der Waals surface area (Å²) in [7, 11) is 0. The maximum Gasteiger partial charge on any atom is 0.271 e. The van der Waals surface area contributed by atoms with E-state index in [1.165, 1.54) is 0 Å². The molecule has 19 heavy (non-hydrogen) atoms. The van der Waals surface area contributed by atoms with Crippen LogP contribution in [0.5, 0.6) is 0 Å². The van der Waals surface area contributed by atoms with Crippen LogP contribution >= 0.6 is 0 Å². The van der Waals surface area contributed by atoms with Gasteiger partial charge in [-0.3, -0.25) is 10.1 Å². The molecular weight excluding hydrogens is 244 g/mol. The highest BCUT2D eigenvalue weighted by Crippen LogP contribution is 2.31. The summed E-state index contributed by atoms with van der Waals surface area (Å²) in [6, 6.07) is 5.30. The fraction of sp³-hybridized carbons (Fsp3) is 0.571. The number of aliphatic hydroxyl groups excluding tert-OH is 1. The zero-order valence-corrected chi connectivity index (χ0v) is 11.2. The summed E-state index contributed by atoms with van der Waals surface area (Å²) >= 11 is 0. The standard InChI is InChI=1S/C14H20N2O3/c1-11-5-6-13(16(18)19)10-14(11)15-8-3-2-4-12(15)7-9-17/h5-6,10,12,17H,2-4,7-9H2,1H3. The highest BCUT2D eigenvalue weighted by Gasteiger charge is 2.24. The summed E-state index contributed by atoms with van der Waals surface area (Å²) in [5, 5.41) is 20.1. The molecule has 5 nitrogen and oxygen atoms in total. The summed E-state index contributed by atoms with van der Waals surface area (Å²) in [6.07, 6.45) is 4.03. The molecule has 0 aromatic heterocycles. The molecule has 1 aromatic rings. The lowest BCUT2D eigenvalue weighted by Crippen LogP contribution is -2.40. The van der Waals surface area contributed by atoms with Gasteiger partial charge in [0.05, 0.1) is 4.92 Å². The van der Waals surface area contributed by atoms with Crippen LogP contribution in [-0.4, -0.2) is 29.2 Å². The van der Waals surface area contributed by atoms with Gasteiger partial charge in [-0.25, -0.2) is 0 Å². The van der Waals surface area contributed by atoms with E-state index < -0.39 is 0 Å². The molecule has 0 amide bonds. The van der Waals surface area contributed by atoms with Crippen LogP contribution < -0.4 is 4.90 Å². The zero-order chi connectivity index (χ0) is 13.8. The van der Waals surface area contributed by atoms with Gasteiger partial charge in [0.1, 0.15) is 0 Å². The average Bonchev–Trinajstić information content (AvgIpc) is 2.40. The fourth-order valence-corrected chi connectivity index (χ4v) is 2.79. The van der Waals surface area contributed by atoms with Crippen LogP contribution in [0.3, 0.4) is 0 Å². The Hall–Kier alpha value is -1.62. The number of benzene rings is 1. The van der Waals surface area contributed by atoms with Crippen LogP contribution in [-0.2, 0) is 0 Å². The van der Waals surface area contributed by atoms with E-state index in [-0.39, 0.29) is 17.2 Å². The van der Waals surface area contributed by atoms with Crippen LogP contribution in [0.2, 0.25) is 0 Å². The van der Waals surface area contributed by atoms with Crippen molar-refractivity contribution in [3.8, 4) is 0 Å². The van der Waals surface area contributed by atoms with Crippen molar-refractivity contribution in [2.45, 2.75) is 38.6 Å². The third kappa shape index (κ3) is 3.04. The topological polar surface area (TPSA) is 66.6 Å². The molecule has 104 valence electrons. The Kier molecular flexibility index (Phi) is 4.37. The number of anilines is 1. The first-order valence-electron chi connectivity index (χ1n) is 6.76. The smallest absolute Gasteiger partial charge is 0.271 e. The predicted octanol–water partition coefficient (Wildman–Crippen LogP) is 2.64. The quantitative estimate of drug-likeness (QED) is 0.670. The maximum atomic E-state index is 10.9. The number of rotatable bonds is 4.